The minimum Gasteiger partial charge on any atom is -0.465 e. The summed E-state index contributed by atoms with van der Waals surface area (Å²) in [5.41, 5.74) is 2.41. The molecule has 0 saturated carbocycles. The van der Waals surface area contributed by atoms with Crippen molar-refractivity contribution in [1.29, 1.82) is 0 Å². The highest BCUT2D eigenvalue weighted by atomic mass is 35.5. The van der Waals surface area contributed by atoms with E-state index in [0.717, 1.165) is 5.56 Å². The molecule has 1 N–H and O–H groups in total. The first-order valence-corrected chi connectivity index (χ1v) is 8.82. The van der Waals surface area contributed by atoms with Crippen molar-refractivity contribution in [2.24, 2.45) is 5.92 Å². The van der Waals surface area contributed by atoms with E-state index in [1.165, 1.54) is 30.2 Å². The first kappa shape index (κ1) is 18.9. The van der Waals surface area contributed by atoms with Crippen LogP contribution in [0.2, 0.25) is 5.02 Å². The number of aryl methyl sites for hydroxylation is 1. The minimum absolute atomic E-state index is 0.0798. The number of carbonyl (C=O) groups is 3. The van der Waals surface area contributed by atoms with Crippen molar-refractivity contribution in [2.75, 3.05) is 23.9 Å². The first-order chi connectivity index (χ1) is 12.9. The second-order valence-electron chi connectivity index (χ2n) is 6.42. The Morgan fingerprint density at radius 3 is 2.70 bits per heavy atom. The standard InChI is InChI=1S/C20H19ClN2O4/c1-12-4-3-5-15(8-12)22-19(25)14-10-18(24)23(11-14)17-9-13(20(26)27-2)6-7-16(17)21/h3-9,14H,10-11H2,1-2H3,(H,22,25). The molecule has 2 aromatic rings. The lowest BCUT2D eigenvalue weighted by Gasteiger charge is -2.19. The Hall–Kier alpha value is -2.86. The SMILES string of the molecule is COC(=O)c1ccc(Cl)c(N2CC(C(=O)Nc3cccc(C)c3)CC2=O)c1. The van der Waals surface area contributed by atoms with E-state index in [0.29, 0.717) is 16.4 Å². The van der Waals surface area contributed by atoms with E-state index in [2.05, 4.69) is 5.32 Å². The van der Waals surface area contributed by atoms with E-state index in [1.807, 2.05) is 25.1 Å². The number of carbonyl (C=O) groups excluding carboxylic acids is 3. The fourth-order valence-corrected chi connectivity index (χ4v) is 3.27. The summed E-state index contributed by atoms with van der Waals surface area (Å²) in [6.45, 7) is 2.13. The summed E-state index contributed by atoms with van der Waals surface area (Å²) in [4.78, 5) is 38.2. The van der Waals surface area contributed by atoms with Gasteiger partial charge in [-0.15, -0.1) is 0 Å². The van der Waals surface area contributed by atoms with E-state index in [-0.39, 0.29) is 30.3 Å². The van der Waals surface area contributed by atoms with E-state index >= 15 is 0 Å². The van der Waals surface area contributed by atoms with Gasteiger partial charge in [0, 0.05) is 18.7 Å². The Kier molecular flexibility index (Phi) is 5.46. The summed E-state index contributed by atoms with van der Waals surface area (Å²) < 4.78 is 4.71. The average Bonchev–Trinajstić information content (AvgIpc) is 3.03. The fraction of sp³-hybridized carbons (Fsp3) is 0.250. The number of hydrogen-bond acceptors (Lipinski definition) is 4. The lowest BCUT2D eigenvalue weighted by molar-refractivity contribution is -0.122. The van der Waals surface area contributed by atoms with Gasteiger partial charge in [0.1, 0.15) is 0 Å². The van der Waals surface area contributed by atoms with Crippen LogP contribution in [-0.2, 0) is 14.3 Å². The molecule has 2 aromatic carbocycles. The number of benzene rings is 2. The van der Waals surface area contributed by atoms with Crippen LogP contribution in [-0.4, -0.2) is 31.4 Å². The van der Waals surface area contributed by atoms with Crippen molar-refractivity contribution in [3.8, 4) is 0 Å². The van der Waals surface area contributed by atoms with Gasteiger partial charge in [-0.1, -0.05) is 23.7 Å². The maximum atomic E-state index is 12.6. The zero-order chi connectivity index (χ0) is 19.6. The number of nitrogens with zero attached hydrogens (tertiary/aromatic N) is 1. The smallest absolute Gasteiger partial charge is 0.337 e. The van der Waals surface area contributed by atoms with Gasteiger partial charge in [-0.05, 0) is 42.8 Å². The van der Waals surface area contributed by atoms with Crippen molar-refractivity contribution in [1.82, 2.24) is 0 Å². The van der Waals surface area contributed by atoms with Crippen LogP contribution in [0, 0.1) is 12.8 Å². The highest BCUT2D eigenvalue weighted by Crippen LogP contribution is 2.32. The van der Waals surface area contributed by atoms with Gasteiger partial charge in [-0.3, -0.25) is 9.59 Å². The zero-order valence-electron chi connectivity index (χ0n) is 15.0. The molecule has 6 nitrogen and oxygen atoms in total. The molecule has 0 aromatic heterocycles. The Morgan fingerprint density at radius 1 is 1.22 bits per heavy atom. The number of rotatable bonds is 4. The van der Waals surface area contributed by atoms with Crippen LogP contribution in [0.15, 0.2) is 42.5 Å². The van der Waals surface area contributed by atoms with Crippen molar-refractivity contribution in [3.63, 3.8) is 0 Å². The highest BCUT2D eigenvalue weighted by molar-refractivity contribution is 6.34. The number of nitrogens with one attached hydrogen (secondary N) is 1. The third kappa shape index (κ3) is 4.11. The largest absolute Gasteiger partial charge is 0.465 e. The number of ether oxygens (including phenoxy) is 1. The van der Waals surface area contributed by atoms with E-state index in [1.54, 1.807) is 6.07 Å². The number of halogens is 1. The molecule has 2 amide bonds. The quantitative estimate of drug-likeness (QED) is 0.817. The molecule has 1 saturated heterocycles. The first-order valence-electron chi connectivity index (χ1n) is 8.45. The van der Waals surface area contributed by atoms with Crippen molar-refractivity contribution in [2.45, 2.75) is 13.3 Å². The summed E-state index contributed by atoms with van der Waals surface area (Å²) in [6, 6.07) is 12.0. The molecule has 0 radical (unpaired) electrons. The summed E-state index contributed by atoms with van der Waals surface area (Å²) in [5.74, 6) is -1.47. The predicted molar refractivity (Wildman–Crippen MR) is 103 cm³/mol. The fourth-order valence-electron chi connectivity index (χ4n) is 3.05. The van der Waals surface area contributed by atoms with Crippen molar-refractivity contribution >= 4 is 40.8 Å². The molecule has 1 aliphatic rings. The number of amides is 2. The van der Waals surface area contributed by atoms with Gasteiger partial charge in [0.05, 0.1) is 29.3 Å². The molecule has 0 aliphatic carbocycles. The molecule has 140 valence electrons. The zero-order valence-corrected chi connectivity index (χ0v) is 15.7. The van der Waals surface area contributed by atoms with Gasteiger partial charge in [0.15, 0.2) is 0 Å². The van der Waals surface area contributed by atoms with Crippen LogP contribution in [0.3, 0.4) is 0 Å². The third-order valence-electron chi connectivity index (χ3n) is 4.44. The van der Waals surface area contributed by atoms with Gasteiger partial charge in [0.25, 0.3) is 0 Å². The van der Waals surface area contributed by atoms with Gasteiger partial charge < -0.3 is 15.0 Å². The summed E-state index contributed by atoms with van der Waals surface area (Å²) in [5, 5.41) is 3.18. The van der Waals surface area contributed by atoms with Crippen LogP contribution in [0.1, 0.15) is 22.3 Å². The van der Waals surface area contributed by atoms with E-state index in [4.69, 9.17) is 16.3 Å². The van der Waals surface area contributed by atoms with Crippen LogP contribution in [0.5, 0.6) is 0 Å². The van der Waals surface area contributed by atoms with Crippen LogP contribution in [0.25, 0.3) is 0 Å². The predicted octanol–water partition coefficient (Wildman–Crippen LogP) is 3.43. The van der Waals surface area contributed by atoms with Crippen LogP contribution < -0.4 is 10.2 Å². The molecule has 1 aliphatic heterocycles. The molecule has 7 heteroatoms. The van der Waals surface area contributed by atoms with Crippen molar-refractivity contribution in [3.05, 3.63) is 58.6 Å². The average molecular weight is 387 g/mol. The molecule has 1 heterocycles. The second kappa shape index (κ2) is 7.80. The highest BCUT2D eigenvalue weighted by Gasteiger charge is 2.36. The molecule has 1 atom stereocenters. The molecule has 27 heavy (non-hydrogen) atoms. The number of methoxy groups -OCH3 is 1. The lowest BCUT2D eigenvalue weighted by Crippen LogP contribution is -2.28. The second-order valence-corrected chi connectivity index (χ2v) is 6.83. The normalized spacial score (nSPS) is 16.3. The summed E-state index contributed by atoms with van der Waals surface area (Å²) >= 11 is 6.22. The lowest BCUT2D eigenvalue weighted by atomic mass is 10.1. The van der Waals surface area contributed by atoms with E-state index in [9.17, 15) is 14.4 Å². The molecule has 0 spiro atoms. The van der Waals surface area contributed by atoms with Gasteiger partial charge in [-0.2, -0.15) is 0 Å². The molecular formula is C20H19ClN2O4. The van der Waals surface area contributed by atoms with Crippen LogP contribution in [0.4, 0.5) is 11.4 Å². The third-order valence-corrected chi connectivity index (χ3v) is 4.76. The molecule has 1 fully saturated rings. The van der Waals surface area contributed by atoms with Crippen molar-refractivity contribution < 1.29 is 19.1 Å². The summed E-state index contributed by atoms with van der Waals surface area (Å²) in [7, 11) is 1.28. The molecule has 1 unspecified atom stereocenters. The Bertz CT molecular complexity index is 913. The maximum absolute atomic E-state index is 12.6. The van der Waals surface area contributed by atoms with Gasteiger partial charge in [-0.25, -0.2) is 4.79 Å². The number of esters is 1. The Morgan fingerprint density at radius 2 is 2.00 bits per heavy atom. The summed E-state index contributed by atoms with van der Waals surface area (Å²) in [6.07, 6.45) is 0.0798. The Balaban J connectivity index is 1.77. The Labute approximate surface area is 162 Å². The topological polar surface area (TPSA) is 75.7 Å². The minimum atomic E-state index is -0.520. The van der Waals surface area contributed by atoms with Gasteiger partial charge in [0.2, 0.25) is 11.8 Å². The molecule has 3 rings (SSSR count). The number of hydrogen-bond donors (Lipinski definition) is 1. The monoisotopic (exact) mass is 386 g/mol. The maximum Gasteiger partial charge on any atom is 0.337 e. The number of anilines is 2. The van der Waals surface area contributed by atoms with Gasteiger partial charge >= 0.3 is 5.97 Å². The molecule has 0 bridgehead atoms. The molecular weight excluding hydrogens is 368 g/mol. The van der Waals surface area contributed by atoms with Crippen LogP contribution >= 0.6 is 11.6 Å². The van der Waals surface area contributed by atoms with E-state index < -0.39 is 11.9 Å².